The monoisotopic (exact) mass is 399 g/mol. The minimum Gasteiger partial charge on any atom is -0.394 e. The summed E-state index contributed by atoms with van der Waals surface area (Å²) in [7, 11) is 0. The molecule has 0 aliphatic heterocycles. The van der Waals surface area contributed by atoms with E-state index in [-0.39, 0.29) is 12.6 Å². The van der Waals surface area contributed by atoms with Crippen LogP contribution in [0.1, 0.15) is 28.3 Å². The van der Waals surface area contributed by atoms with Crippen LogP contribution in [0.5, 0.6) is 0 Å². The number of aliphatic hydroxyl groups is 1. The lowest BCUT2D eigenvalue weighted by Gasteiger charge is -2.17. The molecule has 4 heteroatoms. The fraction of sp³-hybridized carbons (Fsp3) is 0.269. The van der Waals surface area contributed by atoms with E-state index in [1.165, 1.54) is 22.3 Å². The molecule has 30 heavy (non-hydrogen) atoms. The largest absolute Gasteiger partial charge is 0.394 e. The van der Waals surface area contributed by atoms with Crippen LogP contribution in [0.2, 0.25) is 0 Å². The predicted octanol–water partition coefficient (Wildman–Crippen LogP) is 4.56. The number of fused-ring (bicyclic) bond motifs is 1. The van der Waals surface area contributed by atoms with Crippen LogP contribution in [0.15, 0.2) is 72.8 Å². The molecule has 0 spiro atoms. The molecule has 1 unspecified atom stereocenters. The van der Waals surface area contributed by atoms with Gasteiger partial charge in [0, 0.05) is 6.54 Å². The fourth-order valence-corrected chi connectivity index (χ4v) is 4.08. The van der Waals surface area contributed by atoms with Gasteiger partial charge in [0.25, 0.3) is 0 Å². The number of nitrogens with zero attached hydrogens (tertiary/aromatic N) is 2. The van der Waals surface area contributed by atoms with Crippen molar-refractivity contribution < 1.29 is 5.11 Å². The van der Waals surface area contributed by atoms with Crippen molar-refractivity contribution in [3.63, 3.8) is 0 Å². The zero-order valence-corrected chi connectivity index (χ0v) is 17.7. The second-order valence-corrected chi connectivity index (χ2v) is 8.10. The molecule has 2 N–H and O–H groups in total. The summed E-state index contributed by atoms with van der Waals surface area (Å²) in [5, 5.41) is 19.1. The van der Waals surface area contributed by atoms with Gasteiger partial charge in [-0.25, -0.2) is 0 Å². The zero-order valence-electron chi connectivity index (χ0n) is 17.7. The van der Waals surface area contributed by atoms with Crippen molar-refractivity contribution in [3.05, 3.63) is 101 Å². The number of imidazole rings is 1. The Bertz CT molecular complexity index is 1180. The first-order valence-corrected chi connectivity index (χ1v) is 10.5. The summed E-state index contributed by atoms with van der Waals surface area (Å²) in [5.41, 5.74) is 7.39. The molecular weight excluding hydrogens is 370 g/mol. The number of hydrogen-bond acceptors (Lipinski definition) is 2. The minimum atomic E-state index is -0.175. The van der Waals surface area contributed by atoms with Crippen LogP contribution >= 0.6 is 0 Å². The highest BCUT2D eigenvalue weighted by Crippen LogP contribution is 2.21. The van der Waals surface area contributed by atoms with Gasteiger partial charge in [0.2, 0.25) is 5.62 Å². The van der Waals surface area contributed by atoms with Crippen LogP contribution < -0.4 is 5.62 Å². The first-order valence-electron chi connectivity index (χ1n) is 10.5. The minimum absolute atomic E-state index is 0.00358. The highest BCUT2D eigenvalue weighted by Gasteiger charge is 2.18. The number of aromatic nitrogens is 2. The highest BCUT2D eigenvalue weighted by atomic mass is 16.3. The molecule has 0 aliphatic rings. The normalized spacial score (nSPS) is 12.4. The SMILES string of the molecule is Cc1ccc(CCn2c(=N)n(C(CO)Cc3ccc(C)cc3)c3ccccc32)cc1. The van der Waals surface area contributed by atoms with Crippen LogP contribution in [0.25, 0.3) is 11.0 Å². The Morgan fingerprint density at radius 1 is 0.800 bits per heavy atom. The summed E-state index contributed by atoms with van der Waals surface area (Å²) in [6.45, 7) is 4.90. The van der Waals surface area contributed by atoms with Crippen molar-refractivity contribution in [2.45, 2.75) is 39.3 Å². The maximum atomic E-state index is 10.2. The van der Waals surface area contributed by atoms with Gasteiger partial charge >= 0.3 is 0 Å². The fourth-order valence-electron chi connectivity index (χ4n) is 4.08. The summed E-state index contributed by atoms with van der Waals surface area (Å²) in [5.74, 6) is 0. The molecule has 1 atom stereocenters. The molecule has 4 rings (SSSR count). The van der Waals surface area contributed by atoms with Gasteiger partial charge in [-0.05, 0) is 49.9 Å². The Balaban J connectivity index is 1.69. The van der Waals surface area contributed by atoms with E-state index in [2.05, 4.69) is 73.0 Å². The Kier molecular flexibility index (Phi) is 5.86. The average Bonchev–Trinajstić information content (AvgIpc) is 3.04. The lowest BCUT2D eigenvalue weighted by atomic mass is 10.0. The molecule has 3 aromatic carbocycles. The van der Waals surface area contributed by atoms with Crippen molar-refractivity contribution in [2.75, 3.05) is 6.61 Å². The van der Waals surface area contributed by atoms with E-state index in [1.807, 2.05) is 22.8 Å². The molecular formula is C26H29N3O. The molecule has 4 aromatic rings. The first-order chi connectivity index (χ1) is 14.6. The van der Waals surface area contributed by atoms with Gasteiger partial charge in [0.15, 0.2) is 0 Å². The van der Waals surface area contributed by atoms with E-state index in [0.29, 0.717) is 12.0 Å². The standard InChI is InChI=1S/C26H29N3O/c1-19-7-11-21(12-8-19)15-16-28-24-5-3-4-6-25(24)29(26(28)27)23(18-30)17-22-13-9-20(2)10-14-22/h3-14,23,27,30H,15-18H2,1-2H3. The number of nitrogens with one attached hydrogen (secondary N) is 1. The van der Waals surface area contributed by atoms with Crippen LogP contribution in [0.4, 0.5) is 0 Å². The summed E-state index contributed by atoms with van der Waals surface area (Å²) < 4.78 is 4.05. The highest BCUT2D eigenvalue weighted by molar-refractivity contribution is 5.76. The third kappa shape index (κ3) is 4.10. The van der Waals surface area contributed by atoms with E-state index in [4.69, 9.17) is 5.41 Å². The van der Waals surface area contributed by atoms with E-state index < -0.39 is 0 Å². The average molecular weight is 400 g/mol. The van der Waals surface area contributed by atoms with Crippen LogP contribution in [0.3, 0.4) is 0 Å². The van der Waals surface area contributed by atoms with E-state index in [0.717, 1.165) is 24.0 Å². The molecule has 1 heterocycles. The number of benzene rings is 3. The van der Waals surface area contributed by atoms with Gasteiger partial charge in [-0.3, -0.25) is 5.41 Å². The Hall–Kier alpha value is -3.11. The van der Waals surface area contributed by atoms with Gasteiger partial charge in [0.05, 0.1) is 23.7 Å². The molecule has 0 radical (unpaired) electrons. The molecule has 0 saturated heterocycles. The van der Waals surface area contributed by atoms with Crippen LogP contribution in [-0.2, 0) is 19.4 Å². The summed E-state index contributed by atoms with van der Waals surface area (Å²) in [6.07, 6.45) is 1.56. The second-order valence-electron chi connectivity index (χ2n) is 8.10. The summed E-state index contributed by atoms with van der Waals surface area (Å²) >= 11 is 0. The maximum Gasteiger partial charge on any atom is 0.203 e. The third-order valence-electron chi connectivity index (χ3n) is 5.83. The van der Waals surface area contributed by atoms with E-state index >= 15 is 0 Å². The van der Waals surface area contributed by atoms with Gasteiger partial charge in [-0.1, -0.05) is 71.8 Å². The maximum absolute atomic E-state index is 10.2. The lowest BCUT2D eigenvalue weighted by molar-refractivity contribution is 0.225. The lowest BCUT2D eigenvalue weighted by Crippen LogP contribution is -2.31. The van der Waals surface area contributed by atoms with Crippen LogP contribution in [0, 0.1) is 19.3 Å². The molecule has 0 saturated carbocycles. The van der Waals surface area contributed by atoms with E-state index in [9.17, 15) is 5.11 Å². The molecule has 0 fully saturated rings. The van der Waals surface area contributed by atoms with Crippen molar-refractivity contribution in [2.24, 2.45) is 0 Å². The molecule has 4 nitrogen and oxygen atoms in total. The van der Waals surface area contributed by atoms with Gasteiger partial charge in [0.1, 0.15) is 0 Å². The van der Waals surface area contributed by atoms with Crippen LogP contribution in [-0.4, -0.2) is 20.8 Å². The Labute approximate surface area is 177 Å². The van der Waals surface area contributed by atoms with Gasteiger partial charge < -0.3 is 14.2 Å². The number of hydrogen-bond donors (Lipinski definition) is 2. The molecule has 0 bridgehead atoms. The second kappa shape index (κ2) is 8.72. The molecule has 154 valence electrons. The number of aliphatic hydroxyl groups excluding tert-OH is 1. The summed E-state index contributed by atoms with van der Waals surface area (Å²) in [4.78, 5) is 0. The zero-order chi connectivity index (χ0) is 21.1. The summed E-state index contributed by atoms with van der Waals surface area (Å²) in [6, 6.07) is 25.0. The number of aryl methyl sites for hydroxylation is 4. The van der Waals surface area contributed by atoms with Crippen molar-refractivity contribution in [1.82, 2.24) is 9.13 Å². The van der Waals surface area contributed by atoms with Crippen molar-refractivity contribution in [1.29, 1.82) is 5.41 Å². The van der Waals surface area contributed by atoms with Gasteiger partial charge in [-0.15, -0.1) is 0 Å². The Morgan fingerprint density at radius 3 is 1.97 bits per heavy atom. The molecule has 0 aliphatic carbocycles. The molecule has 0 amide bonds. The van der Waals surface area contributed by atoms with Gasteiger partial charge in [-0.2, -0.15) is 0 Å². The van der Waals surface area contributed by atoms with Crippen molar-refractivity contribution in [3.8, 4) is 0 Å². The number of para-hydroxylation sites is 2. The van der Waals surface area contributed by atoms with Crippen molar-refractivity contribution >= 4 is 11.0 Å². The third-order valence-corrected chi connectivity index (χ3v) is 5.83. The number of rotatable bonds is 7. The predicted molar refractivity (Wildman–Crippen MR) is 122 cm³/mol. The topological polar surface area (TPSA) is 53.9 Å². The Morgan fingerprint density at radius 2 is 1.37 bits per heavy atom. The smallest absolute Gasteiger partial charge is 0.203 e. The van der Waals surface area contributed by atoms with E-state index in [1.54, 1.807) is 0 Å². The quantitative estimate of drug-likeness (QED) is 0.470. The molecule has 1 aromatic heterocycles. The first kappa shape index (κ1) is 20.2.